The molecule has 0 spiro atoms. The highest BCUT2D eigenvalue weighted by Gasteiger charge is 2.36. The van der Waals surface area contributed by atoms with Crippen LogP contribution in [-0.2, 0) is 17.4 Å². The van der Waals surface area contributed by atoms with Gasteiger partial charge in [0.15, 0.2) is 0 Å². The van der Waals surface area contributed by atoms with E-state index >= 15 is 0 Å². The van der Waals surface area contributed by atoms with Crippen molar-refractivity contribution >= 4 is 22.6 Å². The first-order valence-electron chi connectivity index (χ1n) is 5.80. The number of anilines is 1. The molecule has 5 nitrogen and oxygen atoms in total. The standard InChI is InChI=1S/C12H10F3N3O2S/c13-12(14,15)10-17-11(21-18-10)16-8(9(19)20)6-7-4-2-1-3-5-7/h1-5,8H,6H2,(H,19,20)(H,16,17,18)/t8-/m1/s1. The summed E-state index contributed by atoms with van der Waals surface area (Å²) in [5.41, 5.74) is 0.748. The molecule has 0 saturated carbocycles. The zero-order valence-corrected chi connectivity index (χ0v) is 11.3. The number of nitrogens with zero attached hydrogens (tertiary/aromatic N) is 2. The smallest absolute Gasteiger partial charge is 0.452 e. The SMILES string of the molecule is O=C(O)[C@@H](Cc1ccccc1)Nc1nc(C(F)(F)F)ns1. The summed E-state index contributed by atoms with van der Waals surface area (Å²) in [6, 6.07) is 7.67. The largest absolute Gasteiger partial charge is 0.480 e. The lowest BCUT2D eigenvalue weighted by Gasteiger charge is -2.13. The number of alkyl halides is 3. The number of nitrogens with one attached hydrogen (secondary N) is 1. The second kappa shape index (κ2) is 6.08. The lowest BCUT2D eigenvalue weighted by molar-refractivity contribution is -0.144. The molecule has 21 heavy (non-hydrogen) atoms. The van der Waals surface area contributed by atoms with Gasteiger partial charge in [-0.3, -0.25) is 0 Å². The molecule has 1 aromatic carbocycles. The Morgan fingerprint density at radius 3 is 2.52 bits per heavy atom. The lowest BCUT2D eigenvalue weighted by atomic mass is 10.1. The molecule has 112 valence electrons. The van der Waals surface area contributed by atoms with Gasteiger partial charge < -0.3 is 10.4 Å². The van der Waals surface area contributed by atoms with Crippen LogP contribution in [0, 0.1) is 0 Å². The van der Waals surface area contributed by atoms with E-state index in [1.54, 1.807) is 30.3 Å². The quantitative estimate of drug-likeness (QED) is 0.887. The Labute approximate surface area is 121 Å². The van der Waals surface area contributed by atoms with E-state index in [1.165, 1.54) is 0 Å². The second-order valence-corrected chi connectivity index (χ2v) is 4.90. The summed E-state index contributed by atoms with van der Waals surface area (Å²) in [5, 5.41) is 11.4. The van der Waals surface area contributed by atoms with Crippen molar-refractivity contribution in [2.75, 3.05) is 5.32 Å². The molecule has 0 aliphatic carbocycles. The third-order valence-electron chi connectivity index (χ3n) is 2.56. The number of rotatable bonds is 5. The number of aliphatic carboxylic acids is 1. The van der Waals surface area contributed by atoms with Crippen LogP contribution in [0.25, 0.3) is 0 Å². The highest BCUT2D eigenvalue weighted by Crippen LogP contribution is 2.29. The topological polar surface area (TPSA) is 75.1 Å². The maximum Gasteiger partial charge on any atom is 0.452 e. The van der Waals surface area contributed by atoms with E-state index in [-0.39, 0.29) is 11.6 Å². The monoisotopic (exact) mass is 317 g/mol. The molecule has 1 aromatic heterocycles. The Morgan fingerprint density at radius 2 is 2.00 bits per heavy atom. The van der Waals surface area contributed by atoms with Crippen LogP contribution < -0.4 is 5.32 Å². The fraction of sp³-hybridized carbons (Fsp3) is 0.250. The first-order valence-corrected chi connectivity index (χ1v) is 6.58. The molecule has 0 radical (unpaired) electrons. The van der Waals surface area contributed by atoms with Crippen LogP contribution in [0.2, 0.25) is 0 Å². The van der Waals surface area contributed by atoms with Gasteiger partial charge in [-0.2, -0.15) is 22.5 Å². The van der Waals surface area contributed by atoms with Crippen LogP contribution in [-0.4, -0.2) is 26.5 Å². The highest BCUT2D eigenvalue weighted by atomic mass is 32.1. The minimum atomic E-state index is -4.64. The number of hydrogen-bond acceptors (Lipinski definition) is 5. The van der Waals surface area contributed by atoms with Crippen molar-refractivity contribution < 1.29 is 23.1 Å². The summed E-state index contributed by atoms with van der Waals surface area (Å²) in [4.78, 5) is 14.4. The molecule has 0 aliphatic rings. The molecule has 2 N–H and O–H groups in total. The summed E-state index contributed by atoms with van der Waals surface area (Å²) in [7, 11) is 0. The van der Waals surface area contributed by atoms with E-state index in [9.17, 15) is 18.0 Å². The minimum absolute atomic E-state index is 0.122. The highest BCUT2D eigenvalue weighted by molar-refractivity contribution is 7.09. The van der Waals surface area contributed by atoms with Crippen molar-refractivity contribution in [1.29, 1.82) is 0 Å². The molecule has 0 fully saturated rings. The fourth-order valence-corrected chi connectivity index (χ4v) is 2.24. The van der Waals surface area contributed by atoms with Crippen molar-refractivity contribution in [2.45, 2.75) is 18.6 Å². The number of hydrogen-bond donors (Lipinski definition) is 2. The molecule has 0 saturated heterocycles. The van der Waals surface area contributed by atoms with Gasteiger partial charge in [-0.1, -0.05) is 30.3 Å². The maximum absolute atomic E-state index is 12.4. The summed E-state index contributed by atoms with van der Waals surface area (Å²) < 4.78 is 40.3. The zero-order valence-electron chi connectivity index (χ0n) is 10.5. The molecule has 0 amide bonds. The number of aromatic nitrogens is 2. The van der Waals surface area contributed by atoms with Crippen molar-refractivity contribution in [3.63, 3.8) is 0 Å². The number of benzene rings is 1. The van der Waals surface area contributed by atoms with Gasteiger partial charge in [0.1, 0.15) is 6.04 Å². The van der Waals surface area contributed by atoms with Crippen molar-refractivity contribution in [2.24, 2.45) is 0 Å². The van der Waals surface area contributed by atoms with E-state index in [0.29, 0.717) is 11.5 Å². The third-order valence-corrected chi connectivity index (χ3v) is 3.20. The first-order chi connectivity index (χ1) is 9.86. The zero-order chi connectivity index (χ0) is 15.5. The Kier molecular flexibility index (Phi) is 4.41. The number of halogens is 3. The van der Waals surface area contributed by atoms with Gasteiger partial charge in [0, 0.05) is 18.0 Å². The Bertz CT molecular complexity index is 616. The van der Waals surface area contributed by atoms with Crippen molar-refractivity contribution in [3.05, 3.63) is 41.7 Å². The van der Waals surface area contributed by atoms with Gasteiger partial charge in [0.25, 0.3) is 0 Å². The number of carboxylic acid groups (broad SMARTS) is 1. The van der Waals surface area contributed by atoms with Crippen LogP contribution in [0.5, 0.6) is 0 Å². The second-order valence-electron chi connectivity index (χ2n) is 4.15. The van der Waals surface area contributed by atoms with E-state index in [4.69, 9.17) is 5.11 Å². The molecule has 2 aromatic rings. The Balaban J connectivity index is 2.10. The van der Waals surface area contributed by atoms with Crippen LogP contribution >= 0.6 is 11.5 Å². The van der Waals surface area contributed by atoms with E-state index < -0.39 is 24.0 Å². The van der Waals surface area contributed by atoms with Gasteiger partial charge >= 0.3 is 12.1 Å². The molecule has 0 unspecified atom stereocenters. The van der Waals surface area contributed by atoms with Gasteiger partial charge in [-0.15, -0.1) is 0 Å². The first kappa shape index (κ1) is 15.2. The molecule has 0 aliphatic heterocycles. The molecular weight excluding hydrogens is 307 g/mol. The van der Waals surface area contributed by atoms with Crippen LogP contribution in [0.3, 0.4) is 0 Å². The Hall–Kier alpha value is -2.16. The minimum Gasteiger partial charge on any atom is -0.480 e. The van der Waals surface area contributed by atoms with E-state index in [1.807, 2.05) is 0 Å². The van der Waals surface area contributed by atoms with Crippen LogP contribution in [0.15, 0.2) is 30.3 Å². The van der Waals surface area contributed by atoms with Crippen LogP contribution in [0.4, 0.5) is 18.3 Å². The maximum atomic E-state index is 12.4. The predicted octanol–water partition coefficient (Wildman–Crippen LogP) is 2.66. The van der Waals surface area contributed by atoms with Gasteiger partial charge in [0.05, 0.1) is 0 Å². The number of carbonyl (C=O) groups is 1. The molecule has 0 bridgehead atoms. The fourth-order valence-electron chi connectivity index (χ4n) is 1.60. The molecule has 1 heterocycles. The van der Waals surface area contributed by atoms with Gasteiger partial charge in [-0.25, -0.2) is 4.79 Å². The molecule has 9 heteroatoms. The number of carboxylic acids is 1. The molecule has 2 rings (SSSR count). The van der Waals surface area contributed by atoms with E-state index in [2.05, 4.69) is 14.7 Å². The van der Waals surface area contributed by atoms with Gasteiger partial charge in [0.2, 0.25) is 11.0 Å². The third kappa shape index (κ3) is 4.15. The molecular formula is C12H10F3N3O2S. The average molecular weight is 317 g/mol. The Morgan fingerprint density at radius 1 is 1.33 bits per heavy atom. The van der Waals surface area contributed by atoms with Crippen LogP contribution in [0.1, 0.15) is 11.4 Å². The van der Waals surface area contributed by atoms with E-state index in [0.717, 1.165) is 5.56 Å². The summed E-state index contributed by atoms with van der Waals surface area (Å²) in [6.45, 7) is 0. The van der Waals surface area contributed by atoms with Crippen molar-refractivity contribution in [1.82, 2.24) is 9.36 Å². The lowest BCUT2D eigenvalue weighted by Crippen LogP contribution is -2.31. The normalized spacial score (nSPS) is 12.9. The summed E-state index contributed by atoms with van der Waals surface area (Å²) in [5.74, 6) is -2.46. The van der Waals surface area contributed by atoms with Gasteiger partial charge in [-0.05, 0) is 5.56 Å². The predicted molar refractivity (Wildman–Crippen MR) is 70.1 cm³/mol. The summed E-state index contributed by atoms with van der Waals surface area (Å²) in [6.07, 6.45) is -4.52. The average Bonchev–Trinajstić information content (AvgIpc) is 2.87. The summed E-state index contributed by atoms with van der Waals surface area (Å²) >= 11 is 0.477. The van der Waals surface area contributed by atoms with Crippen molar-refractivity contribution in [3.8, 4) is 0 Å². The molecule has 1 atom stereocenters.